The van der Waals surface area contributed by atoms with Crippen molar-refractivity contribution in [2.24, 2.45) is 5.92 Å². The van der Waals surface area contributed by atoms with Gasteiger partial charge in [0.25, 0.3) is 0 Å². The largest absolute Gasteiger partial charge is 0.401 e. The lowest BCUT2D eigenvalue weighted by molar-refractivity contribution is -0.154. The molecule has 2 saturated carbocycles. The maximum absolute atomic E-state index is 14.1. The number of rotatable bonds is 5. The van der Waals surface area contributed by atoms with Crippen LogP contribution in [0.1, 0.15) is 68.4 Å². The number of nitrogens with one attached hydrogen (secondary N) is 1. The summed E-state index contributed by atoms with van der Waals surface area (Å²) in [7, 11) is 0. The summed E-state index contributed by atoms with van der Waals surface area (Å²) in [6, 6.07) is 10.1. The summed E-state index contributed by atoms with van der Waals surface area (Å²) in [4.78, 5) is 22.1. The Labute approximate surface area is 221 Å². The zero-order valence-electron chi connectivity index (χ0n) is 21.6. The number of hydrogen-bond acceptors (Lipinski definition) is 5. The van der Waals surface area contributed by atoms with E-state index in [2.05, 4.69) is 22.4 Å². The van der Waals surface area contributed by atoms with Crippen LogP contribution in [0.15, 0.2) is 36.5 Å². The average Bonchev–Trinajstić information content (AvgIpc) is 3.78. The molecule has 6 nitrogen and oxygen atoms in total. The number of ether oxygens (including phenoxy) is 1. The quantitative estimate of drug-likeness (QED) is 0.505. The first kappa shape index (κ1) is 25.6. The van der Waals surface area contributed by atoms with Crippen LogP contribution in [0.5, 0.6) is 0 Å². The third-order valence-electron chi connectivity index (χ3n) is 8.64. The van der Waals surface area contributed by atoms with Crippen LogP contribution in [0.25, 0.3) is 0 Å². The standard InChI is InChI=1S/C29H35F3N4O2/c30-29(31,32)18-36(24-8-9-24)23-6-3-20(4-7-23)28(37)35-17-22-2-1-13-33-27(22)34-25-10-5-21(16-26(25)35)19-11-14-38-15-12-19/h1-2,5,10,13,16,19-20,23-24H,3-4,6-9,11-12,14-15,17-18H2,(H,33,34). The molecule has 204 valence electrons. The van der Waals surface area contributed by atoms with Gasteiger partial charge < -0.3 is 15.0 Å². The predicted octanol–water partition coefficient (Wildman–Crippen LogP) is 6.15. The van der Waals surface area contributed by atoms with E-state index in [1.54, 1.807) is 11.1 Å². The number of aromatic nitrogens is 1. The molecule has 3 fully saturated rings. The molecule has 0 atom stereocenters. The van der Waals surface area contributed by atoms with E-state index in [-0.39, 0.29) is 23.9 Å². The molecule has 38 heavy (non-hydrogen) atoms. The Kier molecular flexibility index (Phi) is 7.07. The molecule has 3 heterocycles. The summed E-state index contributed by atoms with van der Waals surface area (Å²) in [5.41, 5.74) is 3.87. The third kappa shape index (κ3) is 5.54. The topological polar surface area (TPSA) is 57.7 Å². The second-order valence-corrected chi connectivity index (χ2v) is 11.2. The summed E-state index contributed by atoms with van der Waals surface area (Å²) in [5.74, 6) is 1.00. The summed E-state index contributed by atoms with van der Waals surface area (Å²) in [5, 5.41) is 3.44. The fourth-order valence-electron chi connectivity index (χ4n) is 6.47. The second kappa shape index (κ2) is 10.5. The van der Waals surface area contributed by atoms with Crippen LogP contribution < -0.4 is 10.2 Å². The molecule has 1 aromatic carbocycles. The smallest absolute Gasteiger partial charge is 0.381 e. The second-order valence-electron chi connectivity index (χ2n) is 11.2. The molecule has 1 N–H and O–H groups in total. The normalized spacial score (nSPS) is 24.4. The van der Waals surface area contributed by atoms with Crippen molar-refractivity contribution < 1.29 is 22.7 Å². The maximum Gasteiger partial charge on any atom is 0.401 e. The summed E-state index contributed by atoms with van der Waals surface area (Å²) >= 11 is 0. The summed E-state index contributed by atoms with van der Waals surface area (Å²) in [6.45, 7) is 1.06. The number of amides is 1. The summed E-state index contributed by atoms with van der Waals surface area (Å²) in [6.07, 6.45) is 3.64. The number of carbonyl (C=O) groups is 1. The Bertz CT molecular complexity index is 1150. The van der Waals surface area contributed by atoms with Gasteiger partial charge in [-0.05, 0) is 81.0 Å². The highest BCUT2D eigenvalue weighted by Crippen LogP contribution is 2.42. The Morgan fingerprint density at radius 2 is 1.74 bits per heavy atom. The van der Waals surface area contributed by atoms with E-state index >= 15 is 0 Å². The van der Waals surface area contributed by atoms with Crippen molar-refractivity contribution in [2.45, 2.75) is 82.1 Å². The third-order valence-corrected chi connectivity index (χ3v) is 8.64. The molecule has 0 spiro atoms. The van der Waals surface area contributed by atoms with Crippen molar-refractivity contribution in [1.29, 1.82) is 0 Å². The minimum absolute atomic E-state index is 0.0463. The monoisotopic (exact) mass is 528 g/mol. The highest BCUT2D eigenvalue weighted by atomic mass is 19.4. The molecule has 1 saturated heterocycles. The van der Waals surface area contributed by atoms with E-state index in [1.807, 2.05) is 23.1 Å². The molecule has 1 amide bonds. The Morgan fingerprint density at radius 3 is 2.42 bits per heavy atom. The van der Waals surface area contributed by atoms with Crippen LogP contribution in [0.4, 0.5) is 30.4 Å². The van der Waals surface area contributed by atoms with Crippen molar-refractivity contribution in [2.75, 3.05) is 30.0 Å². The zero-order chi connectivity index (χ0) is 26.3. The first-order valence-corrected chi connectivity index (χ1v) is 13.9. The number of anilines is 3. The van der Waals surface area contributed by atoms with Crippen molar-refractivity contribution in [3.05, 3.63) is 47.7 Å². The van der Waals surface area contributed by atoms with Gasteiger partial charge in [-0.15, -0.1) is 0 Å². The molecule has 9 heteroatoms. The number of pyridine rings is 1. The molecule has 0 unspecified atom stereocenters. The molecule has 2 aromatic rings. The lowest BCUT2D eigenvalue weighted by Gasteiger charge is -2.38. The van der Waals surface area contributed by atoms with Gasteiger partial charge in [-0.3, -0.25) is 9.69 Å². The maximum atomic E-state index is 14.1. The molecule has 4 aliphatic rings. The number of hydrogen-bond donors (Lipinski definition) is 1. The number of fused-ring (bicyclic) bond motifs is 2. The van der Waals surface area contributed by atoms with Gasteiger partial charge in [-0.25, -0.2) is 4.98 Å². The molecule has 0 bridgehead atoms. The highest BCUT2D eigenvalue weighted by Gasteiger charge is 2.43. The Hall–Kier alpha value is -2.65. The number of halogens is 3. The van der Waals surface area contributed by atoms with Gasteiger partial charge in [0.1, 0.15) is 5.82 Å². The number of nitrogens with zero attached hydrogens (tertiary/aromatic N) is 3. The van der Waals surface area contributed by atoms with Gasteiger partial charge >= 0.3 is 6.18 Å². The van der Waals surface area contributed by atoms with Gasteiger partial charge in [0.05, 0.1) is 24.5 Å². The first-order valence-electron chi connectivity index (χ1n) is 13.9. The van der Waals surface area contributed by atoms with Crippen molar-refractivity contribution in [3.8, 4) is 0 Å². The van der Waals surface area contributed by atoms with Crippen molar-refractivity contribution in [1.82, 2.24) is 9.88 Å². The van der Waals surface area contributed by atoms with Crippen LogP contribution in [-0.2, 0) is 16.1 Å². The molecule has 0 radical (unpaired) electrons. The van der Waals surface area contributed by atoms with E-state index in [0.29, 0.717) is 38.1 Å². The Balaban J connectivity index is 1.23. The molecule has 1 aromatic heterocycles. The Morgan fingerprint density at radius 1 is 1.03 bits per heavy atom. The number of alkyl halides is 3. The molecule has 2 aliphatic heterocycles. The van der Waals surface area contributed by atoms with Crippen LogP contribution in [0.3, 0.4) is 0 Å². The average molecular weight is 529 g/mol. The molecule has 6 rings (SSSR count). The van der Waals surface area contributed by atoms with Crippen LogP contribution in [0.2, 0.25) is 0 Å². The minimum Gasteiger partial charge on any atom is -0.381 e. The zero-order valence-corrected chi connectivity index (χ0v) is 21.6. The summed E-state index contributed by atoms with van der Waals surface area (Å²) < 4.78 is 45.3. The molecular formula is C29H35F3N4O2. The van der Waals surface area contributed by atoms with Crippen LogP contribution >= 0.6 is 0 Å². The van der Waals surface area contributed by atoms with E-state index in [0.717, 1.165) is 61.7 Å². The number of benzene rings is 1. The van der Waals surface area contributed by atoms with E-state index in [1.165, 1.54) is 5.56 Å². The SMILES string of the molecule is O=C(C1CCC(N(CC(F)(F)F)C2CC2)CC1)N1Cc2cccnc2Nc2ccc(C3CCOCC3)cc21. The van der Waals surface area contributed by atoms with Crippen LogP contribution in [0, 0.1) is 5.92 Å². The van der Waals surface area contributed by atoms with Gasteiger partial charge in [0.2, 0.25) is 5.91 Å². The molecular weight excluding hydrogens is 493 g/mol. The minimum atomic E-state index is -4.19. The first-order chi connectivity index (χ1) is 18.4. The molecule has 2 aliphatic carbocycles. The van der Waals surface area contributed by atoms with E-state index in [4.69, 9.17) is 4.74 Å². The predicted molar refractivity (Wildman–Crippen MR) is 139 cm³/mol. The fraction of sp³-hybridized carbons (Fsp3) is 0.586. The van der Waals surface area contributed by atoms with Gasteiger partial charge in [-0.1, -0.05) is 12.1 Å². The fourth-order valence-corrected chi connectivity index (χ4v) is 6.47. The van der Waals surface area contributed by atoms with E-state index < -0.39 is 12.7 Å². The lowest BCUT2D eigenvalue weighted by Crippen LogP contribution is -2.46. The number of carbonyl (C=O) groups excluding carboxylic acids is 1. The highest BCUT2D eigenvalue weighted by molar-refractivity contribution is 5.99. The van der Waals surface area contributed by atoms with E-state index in [9.17, 15) is 18.0 Å². The van der Waals surface area contributed by atoms with Crippen LogP contribution in [-0.4, -0.2) is 53.8 Å². The van der Waals surface area contributed by atoms with Crippen molar-refractivity contribution in [3.63, 3.8) is 0 Å². The lowest BCUT2D eigenvalue weighted by atomic mass is 9.84. The van der Waals surface area contributed by atoms with Gasteiger partial charge in [-0.2, -0.15) is 13.2 Å². The van der Waals surface area contributed by atoms with Crippen molar-refractivity contribution >= 4 is 23.1 Å². The van der Waals surface area contributed by atoms with Gasteiger partial charge in [0.15, 0.2) is 0 Å². The van der Waals surface area contributed by atoms with Gasteiger partial charge in [0, 0.05) is 43.0 Å².